The van der Waals surface area contributed by atoms with E-state index in [2.05, 4.69) is 27.7 Å². The molecule has 12 heteroatoms. The van der Waals surface area contributed by atoms with Gasteiger partial charge in [-0.05, 0) is 25.7 Å². The van der Waals surface area contributed by atoms with E-state index in [0.29, 0.717) is 25.7 Å². The Morgan fingerprint density at radius 1 is 0.327 bits per heavy atom. The molecule has 0 aliphatic carbocycles. The number of carboxylic acids is 4. The summed E-state index contributed by atoms with van der Waals surface area (Å²) in [5.74, 6) is -2.68. The lowest BCUT2D eigenvalue weighted by molar-refractivity contribution is -0.138. The normalized spacial score (nSPS) is 10.1. The van der Waals surface area contributed by atoms with E-state index < -0.39 is 55.7 Å². The van der Waals surface area contributed by atoms with Crippen molar-refractivity contribution in [3.8, 4) is 0 Å². The Morgan fingerprint density at radius 3 is 0.592 bits per heavy atom. The highest BCUT2D eigenvalue weighted by atomic mass is 16.4. The Bertz CT molecular complexity index is 583. The van der Waals surface area contributed by atoms with Crippen LogP contribution >= 0.6 is 0 Å². The van der Waals surface area contributed by atoms with Gasteiger partial charge in [0, 0.05) is 25.7 Å². The van der Waals surface area contributed by atoms with Crippen molar-refractivity contribution in [2.45, 2.75) is 182 Å². The summed E-state index contributed by atoms with van der Waals surface area (Å²) in [5, 5.41) is 67.1. The topological polar surface area (TPSA) is 230 Å². The third kappa shape index (κ3) is 61.4. The molecule has 0 aliphatic heterocycles. The van der Waals surface area contributed by atoms with Crippen LogP contribution in [-0.4, -0.2) is 91.2 Å². The minimum absolute atomic E-state index is 0.337. The molecule has 12 nitrogen and oxygen atoms in total. The summed E-state index contributed by atoms with van der Waals surface area (Å²) in [6.07, 6.45) is 23.5. The Labute approximate surface area is 297 Å². The molecule has 0 rings (SSSR count). The molecule has 0 atom stereocenters. The van der Waals surface area contributed by atoms with Crippen LogP contribution in [0, 0.1) is 5.41 Å². The molecule has 0 spiro atoms. The van der Waals surface area contributed by atoms with E-state index in [1.54, 1.807) is 0 Å². The molecule has 0 radical (unpaired) electrons. The number of rotatable bonds is 28. The second-order valence-electron chi connectivity index (χ2n) is 12.4. The third-order valence-electron chi connectivity index (χ3n) is 7.32. The molecule has 0 unspecified atom stereocenters. The number of unbranched alkanes of at least 4 members (excludes halogenated alkanes) is 16. The smallest absolute Gasteiger partial charge is 0.303 e. The van der Waals surface area contributed by atoms with Crippen molar-refractivity contribution < 1.29 is 60.0 Å². The number of hydrogen-bond acceptors (Lipinski definition) is 8. The summed E-state index contributed by atoms with van der Waals surface area (Å²) in [4.78, 5) is 40.1. The largest absolute Gasteiger partial charge is 0.481 e. The summed E-state index contributed by atoms with van der Waals surface area (Å²) in [7, 11) is 0. The summed E-state index contributed by atoms with van der Waals surface area (Å²) >= 11 is 0. The average Bonchev–Trinajstić information content (AvgIpc) is 3.06. The fourth-order valence-electron chi connectivity index (χ4n) is 3.82. The van der Waals surface area contributed by atoms with Crippen molar-refractivity contribution in [2.24, 2.45) is 5.41 Å². The van der Waals surface area contributed by atoms with Gasteiger partial charge in [-0.3, -0.25) is 19.2 Å². The van der Waals surface area contributed by atoms with Gasteiger partial charge in [-0.2, -0.15) is 0 Å². The van der Waals surface area contributed by atoms with Gasteiger partial charge in [0.05, 0.1) is 31.8 Å². The first-order valence-electron chi connectivity index (χ1n) is 18.6. The lowest BCUT2D eigenvalue weighted by atomic mass is 9.93. The maximum Gasteiger partial charge on any atom is 0.303 e. The van der Waals surface area contributed by atoms with Crippen molar-refractivity contribution in [1.82, 2.24) is 0 Å². The molecule has 0 amide bonds. The van der Waals surface area contributed by atoms with Gasteiger partial charge in [0.25, 0.3) is 0 Å². The molecule has 49 heavy (non-hydrogen) atoms. The molecule has 0 aromatic heterocycles. The molecule has 0 heterocycles. The van der Waals surface area contributed by atoms with Crippen LogP contribution in [-0.2, 0) is 19.2 Å². The molecule has 0 fully saturated rings. The van der Waals surface area contributed by atoms with Gasteiger partial charge in [0.1, 0.15) is 0 Å². The van der Waals surface area contributed by atoms with Crippen LogP contribution in [0.4, 0.5) is 0 Å². The summed E-state index contributed by atoms with van der Waals surface area (Å²) in [6.45, 7) is 6.97. The number of hydrogen-bond donors (Lipinski definition) is 8. The van der Waals surface area contributed by atoms with Crippen molar-refractivity contribution >= 4 is 23.9 Å². The first kappa shape index (κ1) is 56.1. The number of aliphatic hydroxyl groups is 4. The molecule has 296 valence electrons. The van der Waals surface area contributed by atoms with E-state index in [4.69, 9.17) is 40.9 Å². The average molecular weight is 713 g/mol. The summed E-state index contributed by atoms with van der Waals surface area (Å²) in [5.41, 5.74) is -1.11. The zero-order chi connectivity index (χ0) is 38.6. The van der Waals surface area contributed by atoms with Gasteiger partial charge < -0.3 is 40.9 Å². The fraction of sp³-hybridized carbons (Fsp3) is 0.892. The van der Waals surface area contributed by atoms with Crippen molar-refractivity contribution in [3.05, 3.63) is 0 Å². The second-order valence-corrected chi connectivity index (χ2v) is 12.4. The highest BCUT2D eigenvalue weighted by Crippen LogP contribution is 2.12. The highest BCUT2D eigenvalue weighted by Gasteiger charge is 2.26. The lowest BCUT2D eigenvalue weighted by Crippen LogP contribution is -2.37. The SMILES string of the molecule is CCCCCCCC(=O)O.CCCCCCCC(=O)O.CCCCCCCC(=O)O.CCCCCCCC(=O)O.OCC(CO)(CO)CO. The molecule has 0 aromatic carbocycles. The Balaban J connectivity index is -0.000000165. The van der Waals surface area contributed by atoms with Gasteiger partial charge in [-0.25, -0.2) is 0 Å². The van der Waals surface area contributed by atoms with Crippen LogP contribution in [0.2, 0.25) is 0 Å². The highest BCUT2D eigenvalue weighted by molar-refractivity contribution is 5.67. The number of carbonyl (C=O) groups is 4. The maximum atomic E-state index is 10.0. The van der Waals surface area contributed by atoms with E-state index >= 15 is 0 Å². The molecule has 0 aliphatic rings. The van der Waals surface area contributed by atoms with Gasteiger partial charge in [0.15, 0.2) is 0 Å². The molecule has 0 aromatic rings. The van der Waals surface area contributed by atoms with Crippen LogP contribution in [0.1, 0.15) is 182 Å². The molecular weight excluding hydrogens is 636 g/mol. The minimum Gasteiger partial charge on any atom is -0.481 e. The first-order chi connectivity index (χ1) is 23.3. The van der Waals surface area contributed by atoms with E-state index in [1.165, 1.54) is 77.0 Å². The number of aliphatic hydroxyl groups excluding tert-OH is 4. The fourth-order valence-corrected chi connectivity index (χ4v) is 3.82. The van der Waals surface area contributed by atoms with Crippen LogP contribution < -0.4 is 0 Å². The lowest BCUT2D eigenvalue weighted by Gasteiger charge is -2.23. The van der Waals surface area contributed by atoms with E-state index in [9.17, 15) is 19.2 Å². The number of aliphatic carboxylic acids is 4. The third-order valence-corrected chi connectivity index (χ3v) is 7.32. The standard InChI is InChI=1S/4C8H16O2.C5H12O4/c4*1-2-3-4-5-6-7-8(9)10;6-1-5(2-7,3-8)4-9/h4*2-7H2,1H3,(H,9,10);6-9H,1-4H2. The summed E-state index contributed by atoms with van der Waals surface area (Å²) < 4.78 is 0. The molecular formula is C37H76O12. The van der Waals surface area contributed by atoms with Gasteiger partial charge in [-0.15, -0.1) is 0 Å². The van der Waals surface area contributed by atoms with Crippen molar-refractivity contribution in [1.29, 1.82) is 0 Å². The molecule has 0 saturated heterocycles. The quantitative estimate of drug-likeness (QED) is 0.0365. The van der Waals surface area contributed by atoms with Crippen LogP contribution in [0.3, 0.4) is 0 Å². The minimum atomic E-state index is -1.11. The van der Waals surface area contributed by atoms with Gasteiger partial charge in [-0.1, -0.05) is 130 Å². The second kappa shape index (κ2) is 47.8. The van der Waals surface area contributed by atoms with E-state index in [-0.39, 0.29) is 0 Å². The van der Waals surface area contributed by atoms with Gasteiger partial charge >= 0.3 is 23.9 Å². The maximum absolute atomic E-state index is 10.0. The van der Waals surface area contributed by atoms with Crippen molar-refractivity contribution in [2.75, 3.05) is 26.4 Å². The zero-order valence-corrected chi connectivity index (χ0v) is 31.5. The predicted octanol–water partition coefficient (Wildman–Crippen LogP) is 7.67. The van der Waals surface area contributed by atoms with Crippen molar-refractivity contribution in [3.63, 3.8) is 0 Å². The predicted molar refractivity (Wildman–Crippen MR) is 195 cm³/mol. The van der Waals surface area contributed by atoms with Gasteiger partial charge in [0.2, 0.25) is 0 Å². The van der Waals surface area contributed by atoms with E-state index in [0.717, 1.165) is 51.4 Å². The molecule has 0 saturated carbocycles. The van der Waals surface area contributed by atoms with Crippen LogP contribution in [0.5, 0.6) is 0 Å². The molecule has 0 bridgehead atoms. The Morgan fingerprint density at radius 2 is 0.490 bits per heavy atom. The number of carboxylic acid groups (broad SMARTS) is 4. The monoisotopic (exact) mass is 713 g/mol. The molecule has 8 N–H and O–H groups in total. The summed E-state index contributed by atoms with van der Waals surface area (Å²) in [6, 6.07) is 0. The zero-order valence-electron chi connectivity index (χ0n) is 31.5. The first-order valence-corrected chi connectivity index (χ1v) is 18.6. The Hall–Kier alpha value is -2.28. The van der Waals surface area contributed by atoms with Crippen LogP contribution in [0.25, 0.3) is 0 Å². The van der Waals surface area contributed by atoms with Crippen LogP contribution in [0.15, 0.2) is 0 Å². The Kier molecular flexibility index (Phi) is 54.8. The van der Waals surface area contributed by atoms with E-state index in [1.807, 2.05) is 0 Å².